The fourth-order valence-corrected chi connectivity index (χ4v) is 12.7. The molecule has 2 amide bonds. The Hall–Kier alpha value is -2.49. The van der Waals surface area contributed by atoms with E-state index in [4.69, 9.17) is 18.3 Å². The molecule has 11 nitrogen and oxygen atoms in total. The third-order valence-electron chi connectivity index (χ3n) is 13.2. The van der Waals surface area contributed by atoms with Gasteiger partial charge in [-0.1, -0.05) is 137 Å². The van der Waals surface area contributed by atoms with Crippen molar-refractivity contribution in [3.05, 3.63) is 119 Å². The van der Waals surface area contributed by atoms with E-state index in [0.717, 1.165) is 71.9 Å². The first-order valence-corrected chi connectivity index (χ1v) is 28.1. The summed E-state index contributed by atoms with van der Waals surface area (Å²) in [5.41, 5.74) is 5.12. The molecule has 4 aromatic carbocycles. The van der Waals surface area contributed by atoms with Gasteiger partial charge in [0.25, 0.3) is 0 Å². The van der Waals surface area contributed by atoms with Crippen molar-refractivity contribution in [2.45, 2.75) is 121 Å². The molecular formula is C53H68F3KN2O9P2. The van der Waals surface area contributed by atoms with Crippen molar-refractivity contribution in [3.63, 3.8) is 0 Å². The van der Waals surface area contributed by atoms with Gasteiger partial charge < -0.3 is 38.4 Å². The van der Waals surface area contributed by atoms with Crippen LogP contribution < -0.4 is 66.9 Å². The number of carbonyl (C=O) groups excluding carboxylic acids is 2. The van der Waals surface area contributed by atoms with Crippen LogP contribution in [0.15, 0.2) is 97.1 Å². The van der Waals surface area contributed by atoms with E-state index in [9.17, 15) is 36.8 Å². The summed E-state index contributed by atoms with van der Waals surface area (Å²) in [5, 5.41) is 5.17. The molecule has 1 aliphatic heterocycles. The summed E-state index contributed by atoms with van der Waals surface area (Å²) >= 11 is 0. The van der Waals surface area contributed by atoms with Crippen LogP contribution in [0.3, 0.4) is 0 Å². The van der Waals surface area contributed by atoms with Gasteiger partial charge in [0.05, 0.1) is 32.1 Å². The van der Waals surface area contributed by atoms with E-state index >= 15 is 0 Å². The van der Waals surface area contributed by atoms with Gasteiger partial charge in [-0.25, -0.2) is 0 Å². The maximum Gasteiger partial charge on any atom is 1.00 e. The number of benzene rings is 4. The van der Waals surface area contributed by atoms with Crippen LogP contribution in [-0.4, -0.2) is 75.9 Å². The smallest absolute Gasteiger partial charge is 0.778 e. The molecule has 1 fully saturated rings. The van der Waals surface area contributed by atoms with Crippen LogP contribution in [0, 0.1) is 0 Å². The summed E-state index contributed by atoms with van der Waals surface area (Å²) in [5.74, 6) is -0.707. The van der Waals surface area contributed by atoms with Crippen LogP contribution >= 0.6 is 15.2 Å². The number of halogens is 3. The second-order valence-corrected chi connectivity index (χ2v) is 22.2. The molecule has 376 valence electrons. The molecule has 1 saturated heterocycles. The predicted molar refractivity (Wildman–Crippen MR) is 262 cm³/mol. The van der Waals surface area contributed by atoms with Crippen LogP contribution in [-0.2, 0) is 47.9 Å². The van der Waals surface area contributed by atoms with Gasteiger partial charge in [0.1, 0.15) is 25.0 Å². The Bertz CT molecular complexity index is 2340. The first-order valence-electron chi connectivity index (χ1n) is 24.6. The maximum absolute atomic E-state index is 13.6. The van der Waals surface area contributed by atoms with Crippen molar-refractivity contribution in [2.24, 2.45) is 0 Å². The normalized spacial score (nSPS) is 17.6. The zero-order valence-electron chi connectivity index (χ0n) is 41.2. The van der Waals surface area contributed by atoms with Gasteiger partial charge in [-0.3, -0.25) is 14.2 Å². The van der Waals surface area contributed by atoms with E-state index < -0.39 is 44.6 Å². The van der Waals surface area contributed by atoms with Crippen LogP contribution in [0.4, 0.5) is 13.2 Å². The van der Waals surface area contributed by atoms with Gasteiger partial charge in [-0.2, -0.15) is 13.2 Å². The first kappa shape index (κ1) is 58.4. The Morgan fingerprint density at radius 3 is 1.53 bits per heavy atom. The van der Waals surface area contributed by atoms with Gasteiger partial charge in [0.15, 0.2) is 0 Å². The Balaban J connectivity index is 0.000000266. The Morgan fingerprint density at radius 1 is 0.657 bits per heavy atom. The number of unbranched alkanes of at least 4 members (excludes halogenated alkanes) is 4. The monoisotopic (exact) mass is 1030 g/mol. The Labute approximate surface area is 454 Å². The molecule has 3 aliphatic rings. The number of carbonyl (C=O) groups is 2. The third-order valence-corrected chi connectivity index (χ3v) is 16.6. The quantitative estimate of drug-likeness (QED) is 0.0378. The molecule has 0 radical (unpaired) electrons. The number of amides is 2. The van der Waals surface area contributed by atoms with Crippen LogP contribution in [0.2, 0.25) is 0 Å². The van der Waals surface area contributed by atoms with Crippen LogP contribution in [0.25, 0.3) is 22.3 Å². The van der Waals surface area contributed by atoms with Gasteiger partial charge in [-0.15, -0.1) is 0 Å². The van der Waals surface area contributed by atoms with E-state index in [1.165, 1.54) is 0 Å². The molecule has 7 rings (SSSR count). The largest absolute Gasteiger partial charge is 1.00 e. The number of likely N-dealkylation sites (N-methyl/N-ethyl adjacent to an activating group) is 1. The summed E-state index contributed by atoms with van der Waals surface area (Å²) in [6, 6.07) is 30.8. The molecule has 0 bridgehead atoms. The summed E-state index contributed by atoms with van der Waals surface area (Å²) in [6.07, 6.45) is 3.36. The number of fused-ring (bicyclic) bond motifs is 6. The first-order chi connectivity index (χ1) is 33.1. The average Bonchev–Trinajstić information content (AvgIpc) is 4.05. The van der Waals surface area contributed by atoms with E-state index in [1.807, 2.05) is 93.6 Å². The minimum Gasteiger partial charge on any atom is -0.778 e. The van der Waals surface area contributed by atoms with Crippen molar-refractivity contribution in [3.8, 4) is 22.3 Å². The summed E-state index contributed by atoms with van der Waals surface area (Å²) in [7, 11) is -7.23. The van der Waals surface area contributed by atoms with Crippen molar-refractivity contribution in [1.82, 2.24) is 10.6 Å². The molecule has 2 aliphatic carbocycles. The van der Waals surface area contributed by atoms with Crippen LogP contribution in [0.1, 0.15) is 120 Å². The minimum absolute atomic E-state index is 0. The molecule has 0 aromatic heterocycles. The summed E-state index contributed by atoms with van der Waals surface area (Å²) in [6.45, 7) is 6.51. The molecule has 70 heavy (non-hydrogen) atoms. The number of rotatable bonds is 25. The topological polar surface area (TPSA) is 152 Å². The molecule has 1 heterocycles. The SMILES string of the molecule is CCCCOP(=O)(CCCCC1(C(=O)NCC(F)(F)F)c2ccccc2-c2ccccc21)OCC1CCCO1.CCCCOP(=O)([O-])CCCCC1(C(=O)NCC)c2ccccc2-c2ccccc21.[K+]. The van der Waals surface area contributed by atoms with Crippen LogP contribution in [0.5, 0.6) is 0 Å². The van der Waals surface area contributed by atoms with Gasteiger partial charge >= 0.3 is 65.2 Å². The second-order valence-electron chi connectivity index (χ2n) is 18.0. The number of nitrogens with one attached hydrogen (secondary N) is 2. The maximum atomic E-state index is 13.6. The zero-order valence-corrected chi connectivity index (χ0v) is 46.1. The second kappa shape index (κ2) is 27.2. The van der Waals surface area contributed by atoms with Gasteiger partial charge in [-0.05, 0) is 103 Å². The summed E-state index contributed by atoms with van der Waals surface area (Å²) in [4.78, 5) is 39.2. The Morgan fingerprint density at radius 2 is 1.10 bits per heavy atom. The predicted octanol–water partition coefficient (Wildman–Crippen LogP) is 8.64. The zero-order chi connectivity index (χ0) is 49.5. The third kappa shape index (κ3) is 14.4. The average molecular weight is 1040 g/mol. The van der Waals surface area contributed by atoms with E-state index in [1.54, 1.807) is 12.1 Å². The Kier molecular flexibility index (Phi) is 22.7. The van der Waals surface area contributed by atoms with Crippen molar-refractivity contribution >= 4 is 27.0 Å². The molecule has 17 heteroatoms. The van der Waals surface area contributed by atoms with E-state index in [-0.39, 0.29) is 95.4 Å². The van der Waals surface area contributed by atoms with E-state index in [0.29, 0.717) is 63.0 Å². The van der Waals surface area contributed by atoms with Gasteiger partial charge in [0, 0.05) is 19.3 Å². The molecule has 4 aromatic rings. The molecule has 3 atom stereocenters. The number of alkyl halides is 3. The summed E-state index contributed by atoms with van der Waals surface area (Å²) < 4.78 is 87.2. The van der Waals surface area contributed by atoms with E-state index in [2.05, 4.69) is 22.8 Å². The number of hydrogen-bond acceptors (Lipinski definition) is 9. The van der Waals surface area contributed by atoms with Crippen molar-refractivity contribution < 1.29 is 106 Å². The fourth-order valence-electron chi connectivity index (χ4n) is 9.84. The molecule has 0 saturated carbocycles. The van der Waals surface area contributed by atoms with Crippen molar-refractivity contribution in [1.29, 1.82) is 0 Å². The molecular weight excluding hydrogens is 967 g/mol. The number of hydrogen-bond donors (Lipinski definition) is 2. The molecule has 3 unspecified atom stereocenters. The molecule has 0 spiro atoms. The minimum atomic E-state index is -4.53. The van der Waals surface area contributed by atoms with Crippen molar-refractivity contribution in [2.75, 3.05) is 51.8 Å². The standard InChI is InChI=1S/C29H37F3NO5P.C24H32NO4P.K/c1-2-3-18-37-39(35,38-20-22-11-10-17-36-22)19-9-8-16-28(27(34)33-21-29(30,31)32)25-14-6-4-12-23(25)24-13-5-7-15-26(24)28;1-3-5-17-29-30(27,28)18-11-10-16-24(23(26)25-4-2)21-14-8-6-12-19(21)20-13-7-9-15-22(20)24;/h4-7,12-15,22H,2-3,8-11,16-21H2,1H3,(H,33,34);6-9,12-15H,3-5,10-11,16-18H2,1-2H3,(H,25,26)(H,27,28);/q;;+1/p-1. The fraction of sp³-hybridized carbons (Fsp3) is 0.509. The van der Waals surface area contributed by atoms with Gasteiger partial charge in [0.2, 0.25) is 11.8 Å². The number of ether oxygens (including phenoxy) is 1. The molecule has 2 N–H and O–H groups in total.